The smallest absolute Gasteiger partial charge is 0.317 e. The van der Waals surface area contributed by atoms with Crippen LogP contribution in [0.1, 0.15) is 22.4 Å². The molecule has 0 aliphatic rings. The molecule has 3 rings (SSSR count). The second kappa shape index (κ2) is 6.32. The Labute approximate surface area is 162 Å². The summed E-state index contributed by atoms with van der Waals surface area (Å²) in [6.07, 6.45) is -3.09. The molecule has 0 spiro atoms. The molecular weight excluding hydrogens is 411 g/mol. The fraction of sp³-hybridized carbons (Fsp3) is 0.438. The number of hydrogen-bond acceptors (Lipinski definition) is 3. The highest BCUT2D eigenvalue weighted by molar-refractivity contribution is 5.65. The quantitative estimate of drug-likeness (QED) is 0.598. The van der Waals surface area contributed by atoms with Gasteiger partial charge in [-0.1, -0.05) is 0 Å². The number of nitrogens with zero attached hydrogens (tertiary/aromatic N) is 5. The Hall–Kier alpha value is -2.86. The number of halogens is 7. The summed E-state index contributed by atoms with van der Waals surface area (Å²) < 4.78 is 118. The zero-order chi connectivity index (χ0) is 24.4. The first-order valence-corrected chi connectivity index (χ1v) is 7.85. The van der Waals surface area contributed by atoms with Crippen molar-refractivity contribution in [1.29, 1.82) is 0 Å². The summed E-state index contributed by atoms with van der Waals surface area (Å²) >= 11 is 0. The van der Waals surface area contributed by atoms with Gasteiger partial charge in [0.2, 0.25) is 5.78 Å². The molecule has 3 aromatic rings. The van der Waals surface area contributed by atoms with E-state index in [1.54, 1.807) is 0 Å². The minimum atomic E-state index is -5.25. The highest BCUT2D eigenvalue weighted by Gasteiger charge is 2.52. The average Bonchev–Trinajstić information content (AvgIpc) is 3.15. The van der Waals surface area contributed by atoms with Crippen molar-refractivity contribution in [3.05, 3.63) is 40.3 Å². The van der Waals surface area contributed by atoms with Crippen molar-refractivity contribution in [2.45, 2.75) is 38.4 Å². The van der Waals surface area contributed by atoms with Crippen LogP contribution in [0.25, 0.3) is 16.9 Å². The molecule has 0 N–H and O–H groups in total. The van der Waals surface area contributed by atoms with Crippen LogP contribution >= 0.6 is 0 Å². The number of rotatable bonds is 4. The van der Waals surface area contributed by atoms with Gasteiger partial charge in [-0.25, -0.2) is 13.8 Å². The number of aromatic nitrogens is 5. The minimum Gasteiger partial charge on any atom is -0.317 e. The molecular formula is C16H14F7N5O. The van der Waals surface area contributed by atoms with Crippen molar-refractivity contribution in [3.8, 4) is 11.1 Å². The predicted octanol–water partition coefficient (Wildman–Crippen LogP) is 3.51. The first kappa shape index (κ1) is 17.0. The Morgan fingerprint density at radius 3 is 2.34 bits per heavy atom. The molecule has 0 aliphatic carbocycles. The number of alkyl halides is 7. The summed E-state index contributed by atoms with van der Waals surface area (Å²) in [6, 6.07) is 0. The summed E-state index contributed by atoms with van der Waals surface area (Å²) in [5.41, 5.74) is -4.94. The Kier molecular flexibility index (Phi) is 3.71. The van der Waals surface area contributed by atoms with E-state index in [1.807, 2.05) is 0 Å². The SMILES string of the molecule is [2H]C([2H])([2H])n1c(C)cn2c(=O)c(-c3cnn(CC(F)(F)C(C)(F)F)c3)c(C(F)(F)F)nc12. The first-order chi connectivity index (χ1) is 14.3. The van der Waals surface area contributed by atoms with E-state index >= 15 is 0 Å². The van der Waals surface area contributed by atoms with Gasteiger partial charge < -0.3 is 4.57 Å². The third kappa shape index (κ3) is 3.49. The molecule has 0 aromatic carbocycles. The van der Waals surface area contributed by atoms with Gasteiger partial charge in [-0.3, -0.25) is 13.9 Å². The third-order valence-electron chi connectivity index (χ3n) is 4.16. The van der Waals surface area contributed by atoms with Gasteiger partial charge in [0.1, 0.15) is 6.54 Å². The molecule has 0 saturated heterocycles. The zero-order valence-corrected chi connectivity index (χ0v) is 14.7. The molecule has 29 heavy (non-hydrogen) atoms. The van der Waals surface area contributed by atoms with Crippen LogP contribution in [0.15, 0.2) is 23.4 Å². The lowest BCUT2D eigenvalue weighted by Crippen LogP contribution is -2.41. The lowest BCUT2D eigenvalue weighted by atomic mass is 10.1. The first-order valence-electron chi connectivity index (χ1n) is 9.35. The summed E-state index contributed by atoms with van der Waals surface area (Å²) in [4.78, 5) is 16.2. The summed E-state index contributed by atoms with van der Waals surface area (Å²) in [5, 5.41) is 3.36. The van der Waals surface area contributed by atoms with Crippen LogP contribution in [0.4, 0.5) is 30.7 Å². The Morgan fingerprint density at radius 1 is 1.14 bits per heavy atom. The molecule has 3 aromatic heterocycles. The second-order valence-corrected chi connectivity index (χ2v) is 6.43. The Morgan fingerprint density at radius 2 is 1.79 bits per heavy atom. The van der Waals surface area contributed by atoms with Crippen LogP contribution in [0, 0.1) is 6.92 Å². The standard InChI is InChI=1S/C16H14F7N5O/c1-8-5-28-12(29)10(11(16(21,22)23)25-13(28)26(8)3)9-4-24-27(6-9)7-15(19,20)14(2,17)18/h4-6H,7H2,1-3H3/i3D3. The van der Waals surface area contributed by atoms with Crippen molar-refractivity contribution >= 4 is 5.78 Å². The molecule has 158 valence electrons. The maximum atomic E-state index is 13.7. The maximum absolute atomic E-state index is 13.7. The number of aryl methyl sites for hydroxylation is 2. The van der Waals surface area contributed by atoms with Crippen molar-refractivity contribution in [2.75, 3.05) is 0 Å². The molecule has 0 atom stereocenters. The molecule has 0 amide bonds. The van der Waals surface area contributed by atoms with Crippen molar-refractivity contribution in [1.82, 2.24) is 23.7 Å². The highest BCUT2D eigenvalue weighted by atomic mass is 19.4. The van der Waals surface area contributed by atoms with E-state index in [0.717, 1.165) is 6.20 Å². The van der Waals surface area contributed by atoms with Gasteiger partial charge in [-0.15, -0.1) is 0 Å². The topological polar surface area (TPSA) is 57.1 Å². The number of fused-ring (bicyclic) bond motifs is 1. The van der Waals surface area contributed by atoms with Crippen LogP contribution in [-0.2, 0) is 19.7 Å². The van der Waals surface area contributed by atoms with Crippen LogP contribution in [-0.4, -0.2) is 35.6 Å². The Balaban J connectivity index is 2.25. The van der Waals surface area contributed by atoms with Crippen molar-refractivity contribution in [2.24, 2.45) is 6.98 Å². The number of hydrogen-bond donors (Lipinski definition) is 0. The van der Waals surface area contributed by atoms with Gasteiger partial charge >= 0.3 is 18.0 Å². The van der Waals surface area contributed by atoms with Crippen molar-refractivity contribution < 1.29 is 34.8 Å². The van der Waals surface area contributed by atoms with Gasteiger partial charge in [0.25, 0.3) is 5.56 Å². The van der Waals surface area contributed by atoms with E-state index in [0.29, 0.717) is 21.4 Å². The molecule has 13 heteroatoms. The molecule has 0 fully saturated rings. The molecule has 0 unspecified atom stereocenters. The Bertz CT molecular complexity index is 1230. The fourth-order valence-corrected chi connectivity index (χ4v) is 2.59. The van der Waals surface area contributed by atoms with Gasteiger partial charge in [-0.2, -0.15) is 27.1 Å². The largest absolute Gasteiger partial charge is 0.434 e. The summed E-state index contributed by atoms with van der Waals surface area (Å²) in [5.74, 6) is -9.83. The van der Waals surface area contributed by atoms with E-state index in [9.17, 15) is 35.5 Å². The van der Waals surface area contributed by atoms with Crippen LogP contribution < -0.4 is 5.56 Å². The second-order valence-electron chi connectivity index (χ2n) is 6.43. The molecule has 3 heterocycles. The molecule has 0 saturated carbocycles. The van der Waals surface area contributed by atoms with Gasteiger partial charge in [-0.05, 0) is 6.92 Å². The van der Waals surface area contributed by atoms with Crippen LogP contribution in [0.3, 0.4) is 0 Å². The van der Waals surface area contributed by atoms with E-state index in [2.05, 4.69) is 10.1 Å². The molecule has 0 bridgehead atoms. The average molecular weight is 428 g/mol. The summed E-state index contributed by atoms with van der Waals surface area (Å²) in [6.45, 7) is -3.41. The maximum Gasteiger partial charge on any atom is 0.434 e. The van der Waals surface area contributed by atoms with E-state index in [4.69, 9.17) is 4.11 Å². The normalized spacial score (nSPS) is 15.4. The third-order valence-corrected chi connectivity index (χ3v) is 4.16. The lowest BCUT2D eigenvalue weighted by Gasteiger charge is -2.22. The highest BCUT2D eigenvalue weighted by Crippen LogP contribution is 2.36. The molecule has 6 nitrogen and oxygen atoms in total. The predicted molar refractivity (Wildman–Crippen MR) is 87.0 cm³/mol. The lowest BCUT2D eigenvalue weighted by molar-refractivity contribution is -0.205. The molecule has 0 radical (unpaired) electrons. The number of imidazole rings is 1. The van der Waals surface area contributed by atoms with E-state index in [1.165, 1.54) is 6.92 Å². The summed E-state index contributed by atoms with van der Waals surface area (Å²) in [7, 11) is 0. The van der Waals surface area contributed by atoms with E-state index < -0.39 is 59.7 Å². The van der Waals surface area contributed by atoms with Crippen LogP contribution in [0.2, 0.25) is 0 Å². The van der Waals surface area contributed by atoms with Crippen molar-refractivity contribution in [3.63, 3.8) is 0 Å². The monoisotopic (exact) mass is 428 g/mol. The van der Waals surface area contributed by atoms with Gasteiger partial charge in [0.15, 0.2) is 5.69 Å². The minimum absolute atomic E-state index is 0.0265. The van der Waals surface area contributed by atoms with E-state index in [-0.39, 0.29) is 17.3 Å². The van der Waals surface area contributed by atoms with Gasteiger partial charge in [0.05, 0.1) is 11.8 Å². The van der Waals surface area contributed by atoms with Crippen LogP contribution in [0.5, 0.6) is 0 Å². The molecule has 0 aliphatic heterocycles. The fourth-order valence-electron chi connectivity index (χ4n) is 2.59. The van der Waals surface area contributed by atoms with Gasteiger partial charge in [0, 0.05) is 41.7 Å². The zero-order valence-electron chi connectivity index (χ0n) is 17.7.